The SMILES string of the molecule is CCNCC1CCN(c2ccc(OCC)nc2)C1. The van der Waals surface area contributed by atoms with Crippen molar-refractivity contribution >= 4 is 5.69 Å². The number of hydrogen-bond donors (Lipinski definition) is 1. The van der Waals surface area contributed by atoms with E-state index in [0.29, 0.717) is 12.5 Å². The zero-order valence-electron chi connectivity index (χ0n) is 11.4. The summed E-state index contributed by atoms with van der Waals surface area (Å²) < 4.78 is 5.36. The van der Waals surface area contributed by atoms with Crippen molar-refractivity contribution in [3.8, 4) is 5.88 Å². The monoisotopic (exact) mass is 249 g/mol. The zero-order valence-corrected chi connectivity index (χ0v) is 11.4. The molecule has 2 heterocycles. The molecule has 1 aromatic rings. The third kappa shape index (κ3) is 3.35. The highest BCUT2D eigenvalue weighted by atomic mass is 16.5. The van der Waals surface area contributed by atoms with Gasteiger partial charge in [0.25, 0.3) is 0 Å². The van der Waals surface area contributed by atoms with Crippen molar-refractivity contribution < 1.29 is 4.74 Å². The minimum absolute atomic E-state index is 0.667. The highest BCUT2D eigenvalue weighted by Crippen LogP contribution is 2.23. The molecule has 100 valence electrons. The fourth-order valence-corrected chi connectivity index (χ4v) is 2.38. The van der Waals surface area contributed by atoms with Crippen LogP contribution in [-0.2, 0) is 0 Å². The number of rotatable bonds is 6. The molecule has 0 radical (unpaired) electrons. The third-order valence-electron chi connectivity index (χ3n) is 3.35. The molecule has 0 aromatic carbocycles. The summed E-state index contributed by atoms with van der Waals surface area (Å²) in [6.45, 7) is 9.23. The lowest BCUT2D eigenvalue weighted by Crippen LogP contribution is -2.26. The summed E-state index contributed by atoms with van der Waals surface area (Å²) in [5.74, 6) is 1.47. The molecule has 1 atom stereocenters. The molecule has 4 heteroatoms. The molecule has 0 saturated carbocycles. The molecule has 0 bridgehead atoms. The van der Waals surface area contributed by atoms with Crippen LogP contribution in [-0.4, -0.2) is 37.8 Å². The first kappa shape index (κ1) is 13.1. The van der Waals surface area contributed by atoms with Crippen molar-refractivity contribution in [1.82, 2.24) is 10.3 Å². The number of hydrogen-bond acceptors (Lipinski definition) is 4. The summed E-state index contributed by atoms with van der Waals surface area (Å²) in [4.78, 5) is 6.73. The van der Waals surface area contributed by atoms with Gasteiger partial charge in [-0.05, 0) is 38.4 Å². The number of nitrogens with one attached hydrogen (secondary N) is 1. The molecule has 1 unspecified atom stereocenters. The van der Waals surface area contributed by atoms with Gasteiger partial charge in [-0.2, -0.15) is 0 Å². The van der Waals surface area contributed by atoms with Crippen LogP contribution in [0.25, 0.3) is 0 Å². The lowest BCUT2D eigenvalue weighted by Gasteiger charge is -2.18. The van der Waals surface area contributed by atoms with E-state index in [9.17, 15) is 0 Å². The van der Waals surface area contributed by atoms with Crippen molar-refractivity contribution in [2.75, 3.05) is 37.7 Å². The fraction of sp³-hybridized carbons (Fsp3) is 0.643. The first-order chi connectivity index (χ1) is 8.83. The van der Waals surface area contributed by atoms with Gasteiger partial charge >= 0.3 is 0 Å². The van der Waals surface area contributed by atoms with Gasteiger partial charge in [0.1, 0.15) is 0 Å². The first-order valence-corrected chi connectivity index (χ1v) is 6.88. The van der Waals surface area contributed by atoms with E-state index in [0.717, 1.165) is 32.1 Å². The number of pyridine rings is 1. The van der Waals surface area contributed by atoms with E-state index in [1.165, 1.54) is 12.1 Å². The van der Waals surface area contributed by atoms with Gasteiger partial charge in [-0.3, -0.25) is 0 Å². The first-order valence-electron chi connectivity index (χ1n) is 6.88. The van der Waals surface area contributed by atoms with Gasteiger partial charge in [-0.1, -0.05) is 6.92 Å². The summed E-state index contributed by atoms with van der Waals surface area (Å²) >= 11 is 0. The molecule has 2 rings (SSSR count). The van der Waals surface area contributed by atoms with Gasteiger partial charge in [0, 0.05) is 19.2 Å². The van der Waals surface area contributed by atoms with Crippen molar-refractivity contribution in [3.05, 3.63) is 18.3 Å². The van der Waals surface area contributed by atoms with Crippen LogP contribution in [0.3, 0.4) is 0 Å². The Hall–Kier alpha value is -1.29. The predicted molar refractivity (Wildman–Crippen MR) is 74.3 cm³/mol. The Labute approximate surface area is 109 Å². The van der Waals surface area contributed by atoms with Gasteiger partial charge in [-0.25, -0.2) is 4.98 Å². The highest BCUT2D eigenvalue weighted by Gasteiger charge is 2.22. The van der Waals surface area contributed by atoms with Crippen LogP contribution in [0, 0.1) is 5.92 Å². The van der Waals surface area contributed by atoms with Crippen LogP contribution < -0.4 is 15.0 Å². The molecule has 1 aromatic heterocycles. The standard InChI is InChI=1S/C14H23N3O/c1-3-15-9-12-7-8-17(11-12)13-5-6-14(16-10-13)18-4-2/h5-6,10,12,15H,3-4,7-9,11H2,1-2H3. The normalized spacial score (nSPS) is 19.2. The van der Waals surface area contributed by atoms with E-state index in [1.807, 2.05) is 19.2 Å². The minimum atomic E-state index is 0.667. The fourth-order valence-electron chi connectivity index (χ4n) is 2.38. The molecule has 18 heavy (non-hydrogen) atoms. The van der Waals surface area contributed by atoms with E-state index >= 15 is 0 Å². The summed E-state index contributed by atoms with van der Waals surface area (Å²) in [5.41, 5.74) is 1.21. The Morgan fingerprint density at radius 3 is 3.00 bits per heavy atom. The van der Waals surface area contributed by atoms with Crippen LogP contribution in [0.2, 0.25) is 0 Å². The van der Waals surface area contributed by atoms with Crippen molar-refractivity contribution in [2.24, 2.45) is 5.92 Å². The molecule has 1 saturated heterocycles. The van der Waals surface area contributed by atoms with Crippen LogP contribution in [0.15, 0.2) is 18.3 Å². The second-order valence-corrected chi connectivity index (χ2v) is 4.70. The molecule has 1 fully saturated rings. The largest absolute Gasteiger partial charge is 0.478 e. The zero-order chi connectivity index (χ0) is 12.8. The third-order valence-corrected chi connectivity index (χ3v) is 3.35. The summed E-state index contributed by atoms with van der Waals surface area (Å²) in [5, 5.41) is 3.43. The molecule has 1 aliphatic rings. The predicted octanol–water partition coefficient (Wildman–Crippen LogP) is 1.92. The van der Waals surface area contributed by atoms with Crippen molar-refractivity contribution in [3.63, 3.8) is 0 Å². The Bertz CT molecular complexity index is 353. The van der Waals surface area contributed by atoms with Gasteiger partial charge in [0.15, 0.2) is 0 Å². The molecular weight excluding hydrogens is 226 g/mol. The van der Waals surface area contributed by atoms with Gasteiger partial charge in [0.05, 0.1) is 18.5 Å². The Kier molecular flexibility index (Phi) is 4.81. The summed E-state index contributed by atoms with van der Waals surface area (Å²) in [6, 6.07) is 4.06. The molecule has 0 aliphatic carbocycles. The molecule has 4 nitrogen and oxygen atoms in total. The number of aromatic nitrogens is 1. The molecule has 1 N–H and O–H groups in total. The molecule has 0 spiro atoms. The van der Waals surface area contributed by atoms with Gasteiger partial charge < -0.3 is 15.0 Å². The smallest absolute Gasteiger partial charge is 0.213 e. The lowest BCUT2D eigenvalue weighted by molar-refractivity contribution is 0.327. The second kappa shape index (κ2) is 6.59. The topological polar surface area (TPSA) is 37.4 Å². The van der Waals surface area contributed by atoms with E-state index in [2.05, 4.69) is 28.2 Å². The van der Waals surface area contributed by atoms with Gasteiger partial charge in [0.2, 0.25) is 5.88 Å². The minimum Gasteiger partial charge on any atom is -0.478 e. The maximum Gasteiger partial charge on any atom is 0.213 e. The van der Waals surface area contributed by atoms with Crippen LogP contribution >= 0.6 is 0 Å². The summed E-state index contributed by atoms with van der Waals surface area (Å²) in [7, 11) is 0. The number of anilines is 1. The van der Waals surface area contributed by atoms with E-state index in [1.54, 1.807) is 0 Å². The van der Waals surface area contributed by atoms with Crippen molar-refractivity contribution in [2.45, 2.75) is 20.3 Å². The Morgan fingerprint density at radius 2 is 2.33 bits per heavy atom. The number of nitrogens with zero attached hydrogens (tertiary/aromatic N) is 2. The Balaban J connectivity index is 1.88. The van der Waals surface area contributed by atoms with Crippen LogP contribution in [0.5, 0.6) is 5.88 Å². The van der Waals surface area contributed by atoms with E-state index in [-0.39, 0.29) is 0 Å². The van der Waals surface area contributed by atoms with Crippen LogP contribution in [0.1, 0.15) is 20.3 Å². The lowest BCUT2D eigenvalue weighted by atomic mass is 10.1. The van der Waals surface area contributed by atoms with E-state index in [4.69, 9.17) is 4.74 Å². The second-order valence-electron chi connectivity index (χ2n) is 4.70. The average Bonchev–Trinajstić information content (AvgIpc) is 2.86. The maximum absolute atomic E-state index is 5.36. The molecular formula is C14H23N3O. The number of ether oxygens (including phenoxy) is 1. The molecule has 1 aliphatic heterocycles. The van der Waals surface area contributed by atoms with Crippen molar-refractivity contribution in [1.29, 1.82) is 0 Å². The van der Waals surface area contributed by atoms with Gasteiger partial charge in [-0.15, -0.1) is 0 Å². The maximum atomic E-state index is 5.36. The van der Waals surface area contributed by atoms with Crippen LogP contribution in [0.4, 0.5) is 5.69 Å². The highest BCUT2D eigenvalue weighted by molar-refractivity contribution is 5.46. The average molecular weight is 249 g/mol. The molecule has 0 amide bonds. The Morgan fingerprint density at radius 1 is 1.44 bits per heavy atom. The van der Waals surface area contributed by atoms with E-state index < -0.39 is 0 Å². The quantitative estimate of drug-likeness (QED) is 0.836. The summed E-state index contributed by atoms with van der Waals surface area (Å²) in [6.07, 6.45) is 3.18.